The predicted octanol–water partition coefficient (Wildman–Crippen LogP) is 3.61. The van der Waals surface area contributed by atoms with Crippen molar-refractivity contribution in [3.8, 4) is 11.6 Å². The zero-order chi connectivity index (χ0) is 19.4. The number of hydrogen-bond acceptors (Lipinski definition) is 5. The van der Waals surface area contributed by atoms with Crippen molar-refractivity contribution >= 4 is 17.8 Å². The van der Waals surface area contributed by atoms with Crippen LogP contribution in [0.4, 0.5) is 0 Å². The third-order valence-electron chi connectivity index (χ3n) is 3.99. The van der Waals surface area contributed by atoms with Gasteiger partial charge in [0, 0.05) is 12.6 Å². The Bertz CT molecular complexity index is 976. The molecule has 27 heavy (non-hydrogen) atoms. The highest BCUT2D eigenvalue weighted by atomic mass is 16.6. The molecule has 0 saturated carbocycles. The third kappa shape index (κ3) is 3.99. The fraction of sp³-hybridized carbons (Fsp3) is 0.100. The van der Waals surface area contributed by atoms with Gasteiger partial charge in [-0.1, -0.05) is 30.3 Å². The van der Waals surface area contributed by atoms with E-state index >= 15 is 0 Å². The number of ether oxygens (including phenoxy) is 1. The second-order valence-electron chi connectivity index (χ2n) is 5.85. The first kappa shape index (κ1) is 18.2. The molecule has 0 amide bonds. The first-order chi connectivity index (χ1) is 13.0. The first-order valence-electron chi connectivity index (χ1n) is 8.18. The highest BCUT2D eigenvalue weighted by Gasteiger charge is 2.16. The molecule has 3 rings (SSSR count). The summed E-state index contributed by atoms with van der Waals surface area (Å²) in [5.41, 5.74) is 2.27. The van der Waals surface area contributed by atoms with Crippen LogP contribution < -0.4 is 10.6 Å². The summed E-state index contributed by atoms with van der Waals surface area (Å²) < 4.78 is 7.61. The summed E-state index contributed by atoms with van der Waals surface area (Å²) in [5, 5.41) is 13.4. The Morgan fingerprint density at radius 1 is 1.11 bits per heavy atom. The first-order valence-corrected chi connectivity index (χ1v) is 8.18. The van der Waals surface area contributed by atoms with Gasteiger partial charge in [0.15, 0.2) is 5.76 Å². The third-order valence-corrected chi connectivity index (χ3v) is 3.99. The van der Waals surface area contributed by atoms with E-state index in [0.717, 1.165) is 5.69 Å². The second kappa shape index (κ2) is 7.76. The molecule has 0 unspecified atom stereocenters. The molecule has 0 saturated heterocycles. The lowest BCUT2D eigenvalue weighted by Gasteiger charge is -2.09. The van der Waals surface area contributed by atoms with Gasteiger partial charge in [-0.25, -0.2) is 9.48 Å². The van der Waals surface area contributed by atoms with Crippen molar-refractivity contribution in [1.29, 1.82) is 0 Å². The highest BCUT2D eigenvalue weighted by Crippen LogP contribution is 2.30. The lowest BCUT2D eigenvalue weighted by molar-refractivity contribution is 0.0697. The van der Waals surface area contributed by atoms with E-state index in [0.29, 0.717) is 28.5 Å². The van der Waals surface area contributed by atoms with E-state index in [1.54, 1.807) is 29.9 Å². The maximum atomic E-state index is 11.0. The van der Waals surface area contributed by atoms with Crippen LogP contribution in [0.1, 0.15) is 27.2 Å². The Morgan fingerprint density at radius 3 is 2.33 bits per heavy atom. The van der Waals surface area contributed by atoms with E-state index in [2.05, 4.69) is 5.10 Å². The molecule has 3 aromatic rings. The largest absolute Gasteiger partial charge is 0.478 e. The summed E-state index contributed by atoms with van der Waals surface area (Å²) in [5.74, 6) is 6.04. The number of carbonyl (C=O) groups is 1. The lowest BCUT2D eigenvalue weighted by atomic mass is 10.1. The Balaban J connectivity index is 2.00. The van der Waals surface area contributed by atoms with E-state index in [1.807, 2.05) is 37.3 Å². The fourth-order valence-electron chi connectivity index (χ4n) is 2.63. The van der Waals surface area contributed by atoms with Crippen molar-refractivity contribution in [2.45, 2.75) is 6.92 Å². The SMILES string of the molecule is Cc1nn(C)c(Oc2ccccc2)c1/C=C(/ON)c1ccc(C(=O)O)cc1. The standard InChI is InChI=1S/C20H19N3O4/c1-13-17(19(23(2)22-13)26-16-6-4-3-5-7-16)12-18(27-21)14-8-10-15(11-9-14)20(24)25/h3-12H,21H2,1-2H3,(H,24,25)/b18-12+. The van der Waals surface area contributed by atoms with Crippen LogP contribution in [-0.4, -0.2) is 20.9 Å². The van der Waals surface area contributed by atoms with Gasteiger partial charge in [-0.2, -0.15) is 11.0 Å². The number of para-hydroxylation sites is 1. The molecule has 2 aromatic carbocycles. The van der Waals surface area contributed by atoms with Gasteiger partial charge in [-0.05, 0) is 37.3 Å². The number of rotatable bonds is 6. The summed E-state index contributed by atoms with van der Waals surface area (Å²) in [4.78, 5) is 16.0. The minimum atomic E-state index is -0.998. The van der Waals surface area contributed by atoms with Crippen LogP contribution in [0.25, 0.3) is 11.8 Å². The van der Waals surface area contributed by atoms with Gasteiger partial charge in [0.05, 0.1) is 16.8 Å². The fourth-order valence-corrected chi connectivity index (χ4v) is 2.63. The minimum absolute atomic E-state index is 0.181. The monoisotopic (exact) mass is 365 g/mol. The van der Waals surface area contributed by atoms with Crippen molar-refractivity contribution in [2.75, 3.05) is 0 Å². The number of aromatic carboxylic acids is 1. The zero-order valence-corrected chi connectivity index (χ0v) is 14.9. The molecule has 0 fully saturated rings. The molecule has 3 N–H and O–H groups in total. The Labute approximate surface area is 156 Å². The van der Waals surface area contributed by atoms with Gasteiger partial charge in [0.25, 0.3) is 0 Å². The number of hydrogen-bond donors (Lipinski definition) is 2. The van der Waals surface area contributed by atoms with Gasteiger partial charge in [0.1, 0.15) is 5.75 Å². The van der Waals surface area contributed by atoms with Gasteiger partial charge in [-0.3, -0.25) is 0 Å². The van der Waals surface area contributed by atoms with Gasteiger partial charge >= 0.3 is 5.97 Å². The summed E-state index contributed by atoms with van der Waals surface area (Å²) in [7, 11) is 1.78. The van der Waals surface area contributed by atoms with Crippen LogP contribution in [0, 0.1) is 6.92 Å². The van der Waals surface area contributed by atoms with Crippen LogP contribution >= 0.6 is 0 Å². The van der Waals surface area contributed by atoms with E-state index in [-0.39, 0.29) is 5.56 Å². The summed E-state index contributed by atoms with van der Waals surface area (Å²) in [6.07, 6.45) is 1.72. The van der Waals surface area contributed by atoms with Gasteiger partial charge in [-0.15, -0.1) is 0 Å². The van der Waals surface area contributed by atoms with E-state index in [4.69, 9.17) is 20.6 Å². The second-order valence-corrected chi connectivity index (χ2v) is 5.85. The molecule has 1 heterocycles. The Morgan fingerprint density at radius 2 is 1.74 bits per heavy atom. The number of benzene rings is 2. The van der Waals surface area contributed by atoms with Crippen LogP contribution in [0.15, 0.2) is 54.6 Å². The quantitative estimate of drug-likeness (QED) is 0.511. The molecule has 0 bridgehead atoms. The Hall–Kier alpha value is -3.58. The molecule has 0 radical (unpaired) electrons. The number of carboxylic acid groups (broad SMARTS) is 1. The molecule has 7 heteroatoms. The van der Waals surface area contributed by atoms with Crippen molar-refractivity contribution < 1.29 is 19.5 Å². The molecule has 0 aliphatic carbocycles. The zero-order valence-electron chi connectivity index (χ0n) is 14.9. The normalized spacial score (nSPS) is 11.3. The summed E-state index contributed by atoms with van der Waals surface area (Å²) >= 11 is 0. The van der Waals surface area contributed by atoms with Crippen LogP contribution in [0.5, 0.6) is 11.6 Å². The molecule has 0 aliphatic rings. The van der Waals surface area contributed by atoms with E-state index in [9.17, 15) is 4.79 Å². The number of nitrogens with zero attached hydrogens (tertiary/aromatic N) is 2. The van der Waals surface area contributed by atoms with Gasteiger partial charge in [0.2, 0.25) is 5.88 Å². The maximum Gasteiger partial charge on any atom is 0.335 e. The van der Waals surface area contributed by atoms with Crippen molar-refractivity contribution in [1.82, 2.24) is 9.78 Å². The highest BCUT2D eigenvalue weighted by molar-refractivity contribution is 5.88. The predicted molar refractivity (Wildman–Crippen MR) is 101 cm³/mol. The smallest absolute Gasteiger partial charge is 0.335 e. The number of aryl methyl sites for hydroxylation is 2. The van der Waals surface area contributed by atoms with Crippen LogP contribution in [-0.2, 0) is 11.9 Å². The molecule has 1 aromatic heterocycles. The molecule has 0 spiro atoms. The molecule has 0 atom stereocenters. The van der Waals surface area contributed by atoms with Crippen molar-refractivity contribution in [3.63, 3.8) is 0 Å². The number of aromatic nitrogens is 2. The topological polar surface area (TPSA) is 99.6 Å². The van der Waals surface area contributed by atoms with Crippen LogP contribution in [0.2, 0.25) is 0 Å². The van der Waals surface area contributed by atoms with E-state index < -0.39 is 5.97 Å². The average Bonchev–Trinajstić information content (AvgIpc) is 2.93. The number of nitrogens with two attached hydrogens (primary N) is 1. The molecule has 7 nitrogen and oxygen atoms in total. The molecular weight excluding hydrogens is 346 g/mol. The summed E-state index contributed by atoms with van der Waals surface area (Å²) in [6.45, 7) is 1.85. The Kier molecular flexibility index (Phi) is 5.23. The average molecular weight is 365 g/mol. The molecular formula is C20H19N3O4. The van der Waals surface area contributed by atoms with Crippen molar-refractivity contribution in [3.05, 3.63) is 77.0 Å². The van der Waals surface area contributed by atoms with E-state index in [1.165, 1.54) is 12.1 Å². The minimum Gasteiger partial charge on any atom is -0.478 e. The maximum absolute atomic E-state index is 11.0. The molecule has 0 aliphatic heterocycles. The van der Waals surface area contributed by atoms with Gasteiger partial charge < -0.3 is 14.7 Å². The van der Waals surface area contributed by atoms with Crippen molar-refractivity contribution in [2.24, 2.45) is 12.9 Å². The lowest BCUT2D eigenvalue weighted by Crippen LogP contribution is -2.01. The number of carboxylic acids is 1. The van der Waals surface area contributed by atoms with Crippen LogP contribution in [0.3, 0.4) is 0 Å². The summed E-state index contributed by atoms with van der Waals surface area (Å²) in [6, 6.07) is 15.6. The molecule has 138 valence electrons.